The second-order valence-corrected chi connectivity index (χ2v) is 5.19. The predicted molar refractivity (Wildman–Crippen MR) is 65.1 cm³/mol. The molecule has 3 atom stereocenters. The van der Waals surface area contributed by atoms with Gasteiger partial charge in [0.2, 0.25) is 0 Å². The Morgan fingerprint density at radius 3 is 2.94 bits per heavy atom. The van der Waals surface area contributed by atoms with E-state index in [4.69, 9.17) is 17.3 Å². The number of anilines is 1. The minimum absolute atomic E-state index is 0.289. The van der Waals surface area contributed by atoms with Crippen LogP contribution in [0.2, 0.25) is 5.02 Å². The van der Waals surface area contributed by atoms with E-state index < -0.39 is 6.10 Å². The summed E-state index contributed by atoms with van der Waals surface area (Å²) in [6.07, 6.45) is 4.25. The fourth-order valence-corrected chi connectivity index (χ4v) is 2.66. The van der Waals surface area contributed by atoms with Crippen molar-refractivity contribution in [3.05, 3.63) is 22.8 Å². The molecule has 1 aromatic heterocycles. The van der Waals surface area contributed by atoms with Crippen molar-refractivity contribution in [1.29, 1.82) is 0 Å². The highest BCUT2D eigenvalue weighted by molar-refractivity contribution is 6.30. The van der Waals surface area contributed by atoms with E-state index in [2.05, 4.69) is 11.9 Å². The van der Waals surface area contributed by atoms with Crippen molar-refractivity contribution < 1.29 is 5.11 Å². The molecule has 0 aliphatic heterocycles. The molecule has 16 heavy (non-hydrogen) atoms. The van der Waals surface area contributed by atoms with Crippen LogP contribution in [0, 0.1) is 11.8 Å². The molecule has 1 saturated carbocycles. The molecular formula is C12H17ClN2O. The van der Waals surface area contributed by atoms with Crippen LogP contribution in [-0.2, 0) is 0 Å². The van der Waals surface area contributed by atoms with Gasteiger partial charge in [0.1, 0.15) is 5.82 Å². The number of aliphatic hydroxyl groups is 1. The molecule has 1 fully saturated rings. The summed E-state index contributed by atoms with van der Waals surface area (Å²) < 4.78 is 0. The highest BCUT2D eigenvalue weighted by Gasteiger charge is 2.29. The highest BCUT2D eigenvalue weighted by atomic mass is 35.5. The van der Waals surface area contributed by atoms with Crippen LogP contribution < -0.4 is 5.73 Å². The van der Waals surface area contributed by atoms with Gasteiger partial charge in [0.05, 0.1) is 11.1 Å². The molecule has 3 unspecified atom stereocenters. The van der Waals surface area contributed by atoms with Crippen molar-refractivity contribution in [3.63, 3.8) is 0 Å². The highest BCUT2D eigenvalue weighted by Crippen LogP contribution is 2.40. The number of pyridine rings is 1. The topological polar surface area (TPSA) is 59.1 Å². The van der Waals surface area contributed by atoms with Gasteiger partial charge in [-0.05, 0) is 30.7 Å². The second kappa shape index (κ2) is 4.60. The monoisotopic (exact) mass is 240 g/mol. The molecule has 0 amide bonds. The number of hydrogen-bond acceptors (Lipinski definition) is 3. The maximum atomic E-state index is 10.3. The van der Waals surface area contributed by atoms with E-state index in [0.717, 1.165) is 12.8 Å². The number of aliphatic hydroxyl groups excluding tert-OH is 1. The molecule has 0 bridgehead atoms. The Morgan fingerprint density at radius 2 is 2.31 bits per heavy atom. The van der Waals surface area contributed by atoms with Gasteiger partial charge in [-0.15, -0.1) is 0 Å². The van der Waals surface area contributed by atoms with Crippen LogP contribution in [0.25, 0.3) is 0 Å². The summed E-state index contributed by atoms with van der Waals surface area (Å²) in [5, 5.41) is 10.8. The molecule has 1 aliphatic rings. The van der Waals surface area contributed by atoms with Gasteiger partial charge in [0.25, 0.3) is 0 Å². The Balaban J connectivity index is 2.20. The van der Waals surface area contributed by atoms with Gasteiger partial charge >= 0.3 is 0 Å². The van der Waals surface area contributed by atoms with Gasteiger partial charge in [-0.1, -0.05) is 24.9 Å². The number of nitrogen functional groups attached to an aromatic ring is 1. The first-order valence-electron chi connectivity index (χ1n) is 5.67. The van der Waals surface area contributed by atoms with Gasteiger partial charge in [0, 0.05) is 11.8 Å². The third-order valence-corrected chi connectivity index (χ3v) is 3.62. The molecule has 88 valence electrons. The maximum Gasteiger partial charge on any atom is 0.129 e. The lowest BCUT2D eigenvalue weighted by molar-refractivity contribution is 0.110. The molecule has 3 nitrogen and oxygen atoms in total. The van der Waals surface area contributed by atoms with Crippen LogP contribution in [0.5, 0.6) is 0 Å². The molecule has 0 aromatic carbocycles. The normalized spacial score (nSPS) is 26.9. The Labute approximate surface area is 101 Å². The molecule has 4 heteroatoms. The predicted octanol–water partition coefficient (Wildman–Crippen LogP) is 2.79. The molecule has 0 spiro atoms. The van der Waals surface area contributed by atoms with E-state index in [1.165, 1.54) is 12.6 Å². The lowest BCUT2D eigenvalue weighted by Crippen LogP contribution is -2.12. The van der Waals surface area contributed by atoms with Crippen molar-refractivity contribution >= 4 is 17.4 Å². The summed E-state index contributed by atoms with van der Waals surface area (Å²) in [7, 11) is 0. The Kier molecular flexibility index (Phi) is 3.36. The van der Waals surface area contributed by atoms with E-state index >= 15 is 0 Å². The summed E-state index contributed by atoms with van der Waals surface area (Å²) in [5.74, 6) is 1.36. The lowest BCUT2D eigenvalue weighted by atomic mass is 9.94. The number of aromatic nitrogens is 1. The molecule has 2 rings (SSSR count). The summed E-state index contributed by atoms with van der Waals surface area (Å²) in [5.41, 5.74) is 6.44. The second-order valence-electron chi connectivity index (χ2n) is 4.75. The average molecular weight is 241 g/mol. The third-order valence-electron chi connectivity index (χ3n) is 3.42. The van der Waals surface area contributed by atoms with Crippen LogP contribution in [-0.4, -0.2) is 10.1 Å². The summed E-state index contributed by atoms with van der Waals surface area (Å²) >= 11 is 5.87. The molecule has 1 aliphatic carbocycles. The number of halogens is 1. The van der Waals surface area contributed by atoms with Crippen molar-refractivity contribution in [2.75, 3.05) is 5.73 Å². The lowest BCUT2D eigenvalue weighted by Gasteiger charge is -2.19. The van der Waals surface area contributed by atoms with E-state index in [0.29, 0.717) is 22.3 Å². The fourth-order valence-electron chi connectivity index (χ4n) is 2.49. The Morgan fingerprint density at radius 1 is 1.56 bits per heavy atom. The van der Waals surface area contributed by atoms with Gasteiger partial charge in [-0.3, -0.25) is 0 Å². The standard InChI is InChI=1S/C12H17ClN2O/c1-7-2-3-8(4-7)11(16)10-5-9(13)6-15-12(10)14/h5-8,11,16H,2-4H2,1H3,(H2,14,15). The van der Waals surface area contributed by atoms with E-state index in [-0.39, 0.29) is 5.92 Å². The van der Waals surface area contributed by atoms with E-state index in [9.17, 15) is 5.11 Å². The van der Waals surface area contributed by atoms with Crippen molar-refractivity contribution in [2.45, 2.75) is 32.3 Å². The Bertz CT molecular complexity index is 383. The molecule has 3 N–H and O–H groups in total. The van der Waals surface area contributed by atoms with Gasteiger partial charge in [0.15, 0.2) is 0 Å². The van der Waals surface area contributed by atoms with Crippen LogP contribution in [0.3, 0.4) is 0 Å². The molecule has 1 aromatic rings. The number of nitrogens with two attached hydrogens (primary N) is 1. The quantitative estimate of drug-likeness (QED) is 0.836. The molecular weight excluding hydrogens is 224 g/mol. The van der Waals surface area contributed by atoms with Gasteiger partial charge in [-0.25, -0.2) is 4.98 Å². The van der Waals surface area contributed by atoms with Crippen molar-refractivity contribution in [2.24, 2.45) is 11.8 Å². The summed E-state index contributed by atoms with van der Waals surface area (Å²) in [4.78, 5) is 3.98. The zero-order valence-corrected chi connectivity index (χ0v) is 10.1. The minimum atomic E-state index is -0.531. The fraction of sp³-hybridized carbons (Fsp3) is 0.583. The summed E-state index contributed by atoms with van der Waals surface area (Å²) in [6, 6.07) is 1.72. The minimum Gasteiger partial charge on any atom is -0.388 e. The molecule has 0 saturated heterocycles. The SMILES string of the molecule is CC1CCC(C(O)c2cc(Cl)cnc2N)C1. The smallest absolute Gasteiger partial charge is 0.129 e. The van der Waals surface area contributed by atoms with Crippen LogP contribution in [0.1, 0.15) is 37.9 Å². The molecule has 1 heterocycles. The van der Waals surface area contributed by atoms with Gasteiger partial charge < -0.3 is 10.8 Å². The van der Waals surface area contributed by atoms with Crippen LogP contribution in [0.4, 0.5) is 5.82 Å². The third kappa shape index (κ3) is 2.30. The first-order chi connectivity index (χ1) is 7.58. The van der Waals surface area contributed by atoms with Gasteiger partial charge in [-0.2, -0.15) is 0 Å². The summed E-state index contributed by atoms with van der Waals surface area (Å²) in [6.45, 7) is 2.21. The van der Waals surface area contributed by atoms with Crippen LogP contribution in [0.15, 0.2) is 12.3 Å². The maximum absolute atomic E-state index is 10.3. The first-order valence-corrected chi connectivity index (χ1v) is 6.04. The van der Waals surface area contributed by atoms with Crippen molar-refractivity contribution in [1.82, 2.24) is 4.98 Å². The molecule has 0 radical (unpaired) electrons. The van der Waals surface area contributed by atoms with Crippen molar-refractivity contribution in [3.8, 4) is 0 Å². The van der Waals surface area contributed by atoms with E-state index in [1.807, 2.05) is 0 Å². The number of hydrogen-bond donors (Lipinski definition) is 2. The zero-order chi connectivity index (χ0) is 11.7. The number of nitrogens with zero attached hydrogens (tertiary/aromatic N) is 1. The number of rotatable bonds is 2. The van der Waals surface area contributed by atoms with E-state index in [1.54, 1.807) is 6.07 Å². The zero-order valence-electron chi connectivity index (χ0n) is 9.36. The van der Waals surface area contributed by atoms with Crippen LogP contribution >= 0.6 is 11.6 Å². The Hall–Kier alpha value is -0.800. The average Bonchev–Trinajstić information content (AvgIpc) is 2.67. The largest absolute Gasteiger partial charge is 0.388 e. The first kappa shape index (κ1) is 11.7.